The second-order valence-corrected chi connectivity index (χ2v) is 8.15. The highest BCUT2D eigenvalue weighted by molar-refractivity contribution is 6.30. The molecule has 0 saturated carbocycles. The quantitative estimate of drug-likeness (QED) is 0.432. The second-order valence-electron chi connectivity index (χ2n) is 7.71. The molecule has 0 spiro atoms. The van der Waals surface area contributed by atoms with Gasteiger partial charge in [0.1, 0.15) is 5.69 Å². The molecule has 1 amide bonds. The van der Waals surface area contributed by atoms with Crippen LogP contribution in [0.3, 0.4) is 0 Å². The molecule has 0 bridgehead atoms. The van der Waals surface area contributed by atoms with Crippen LogP contribution in [0.25, 0.3) is 22.8 Å². The van der Waals surface area contributed by atoms with Gasteiger partial charge in [-0.05, 0) is 48.9 Å². The lowest BCUT2D eigenvalue weighted by Gasteiger charge is -2.17. The van der Waals surface area contributed by atoms with Gasteiger partial charge in [0.2, 0.25) is 5.91 Å². The Hall–Kier alpha value is -3.98. The van der Waals surface area contributed by atoms with Gasteiger partial charge in [-0.3, -0.25) is 9.59 Å². The third-order valence-electron chi connectivity index (χ3n) is 5.61. The fourth-order valence-electron chi connectivity index (χ4n) is 3.97. The standard InChI is InChI=1S/C24H19ClFN5O3/c1-34-21-14-30(19-8-7-16(13-18(19)26)29-11-3-6-22(29)32)28-23(24(21)33)20-9-10-27-31(20)17-5-2-4-15(25)12-17/h2,4-5,7-10,12-14H,3,6,11H2,1H3. The summed E-state index contributed by atoms with van der Waals surface area (Å²) in [6, 6.07) is 13.1. The fourth-order valence-corrected chi connectivity index (χ4v) is 4.16. The summed E-state index contributed by atoms with van der Waals surface area (Å²) in [4.78, 5) is 26.7. The molecule has 1 fully saturated rings. The Labute approximate surface area is 198 Å². The van der Waals surface area contributed by atoms with Crippen LogP contribution in [0.2, 0.25) is 5.02 Å². The zero-order valence-electron chi connectivity index (χ0n) is 18.1. The minimum Gasteiger partial charge on any atom is -0.491 e. The number of aromatic nitrogens is 4. The van der Waals surface area contributed by atoms with Crippen LogP contribution in [0, 0.1) is 5.82 Å². The smallest absolute Gasteiger partial charge is 0.251 e. The molecule has 0 unspecified atom stereocenters. The van der Waals surface area contributed by atoms with Crippen LogP contribution in [0.5, 0.6) is 5.75 Å². The molecular weight excluding hydrogens is 461 g/mol. The molecule has 8 nitrogen and oxygen atoms in total. The highest BCUT2D eigenvalue weighted by atomic mass is 35.5. The number of benzene rings is 2. The molecule has 3 heterocycles. The van der Waals surface area contributed by atoms with E-state index in [4.69, 9.17) is 16.3 Å². The minimum atomic E-state index is -0.593. The van der Waals surface area contributed by atoms with E-state index < -0.39 is 11.2 Å². The van der Waals surface area contributed by atoms with E-state index in [0.29, 0.717) is 35.1 Å². The second kappa shape index (κ2) is 8.75. The average Bonchev–Trinajstić information content (AvgIpc) is 3.48. The van der Waals surface area contributed by atoms with Crippen molar-refractivity contribution in [2.45, 2.75) is 12.8 Å². The highest BCUT2D eigenvalue weighted by Gasteiger charge is 2.23. The van der Waals surface area contributed by atoms with Gasteiger partial charge in [-0.25, -0.2) is 13.8 Å². The summed E-state index contributed by atoms with van der Waals surface area (Å²) in [5.41, 5.74) is 1.16. The third kappa shape index (κ3) is 3.84. The minimum absolute atomic E-state index is 0.0120. The van der Waals surface area contributed by atoms with Crippen LogP contribution in [-0.4, -0.2) is 39.1 Å². The first-order valence-electron chi connectivity index (χ1n) is 10.5. The van der Waals surface area contributed by atoms with Gasteiger partial charge in [0.25, 0.3) is 5.43 Å². The van der Waals surface area contributed by atoms with Crippen LogP contribution >= 0.6 is 11.6 Å². The Balaban J connectivity index is 1.62. The van der Waals surface area contributed by atoms with E-state index in [2.05, 4.69) is 10.2 Å². The van der Waals surface area contributed by atoms with Crippen molar-refractivity contribution in [3.63, 3.8) is 0 Å². The SMILES string of the molecule is COc1cn(-c2ccc(N3CCCC3=O)cc2F)nc(-c2ccnn2-c2cccc(Cl)c2)c1=O. The molecule has 0 radical (unpaired) electrons. The van der Waals surface area contributed by atoms with Gasteiger partial charge in [-0.15, -0.1) is 0 Å². The van der Waals surface area contributed by atoms with Crippen molar-refractivity contribution in [3.05, 3.63) is 82.0 Å². The van der Waals surface area contributed by atoms with Crippen LogP contribution < -0.4 is 15.1 Å². The fraction of sp³-hybridized carbons (Fsp3) is 0.167. The van der Waals surface area contributed by atoms with Crippen molar-refractivity contribution < 1.29 is 13.9 Å². The number of methoxy groups -OCH3 is 1. The maximum absolute atomic E-state index is 15.2. The van der Waals surface area contributed by atoms with Crippen molar-refractivity contribution >= 4 is 23.2 Å². The van der Waals surface area contributed by atoms with Gasteiger partial charge in [-0.1, -0.05) is 17.7 Å². The molecule has 34 heavy (non-hydrogen) atoms. The van der Waals surface area contributed by atoms with Crippen molar-refractivity contribution in [2.75, 3.05) is 18.6 Å². The molecule has 0 atom stereocenters. The Morgan fingerprint density at radius 2 is 1.94 bits per heavy atom. The molecule has 1 aliphatic heterocycles. The van der Waals surface area contributed by atoms with E-state index in [1.54, 1.807) is 41.3 Å². The van der Waals surface area contributed by atoms with Crippen LogP contribution in [0.15, 0.2) is 65.7 Å². The van der Waals surface area contributed by atoms with Crippen molar-refractivity contribution in [3.8, 4) is 28.5 Å². The van der Waals surface area contributed by atoms with Crippen molar-refractivity contribution in [1.82, 2.24) is 19.6 Å². The molecule has 0 aliphatic carbocycles. The predicted molar refractivity (Wildman–Crippen MR) is 125 cm³/mol. The lowest BCUT2D eigenvalue weighted by Crippen LogP contribution is -2.24. The molecule has 1 aliphatic rings. The monoisotopic (exact) mass is 479 g/mol. The molecule has 4 aromatic rings. The number of nitrogens with zero attached hydrogens (tertiary/aromatic N) is 5. The van der Waals surface area contributed by atoms with Crippen molar-refractivity contribution in [1.29, 1.82) is 0 Å². The Bertz CT molecular complexity index is 1470. The lowest BCUT2D eigenvalue weighted by molar-refractivity contribution is -0.117. The maximum Gasteiger partial charge on any atom is 0.251 e. The number of hydrogen-bond donors (Lipinski definition) is 0. The normalized spacial score (nSPS) is 13.5. The van der Waals surface area contributed by atoms with Gasteiger partial charge in [0.15, 0.2) is 17.3 Å². The van der Waals surface area contributed by atoms with Gasteiger partial charge in [0, 0.05) is 23.7 Å². The summed E-state index contributed by atoms with van der Waals surface area (Å²) in [6.45, 7) is 0.555. The average molecular weight is 480 g/mol. The summed E-state index contributed by atoms with van der Waals surface area (Å²) in [6.07, 6.45) is 4.05. The summed E-state index contributed by atoms with van der Waals surface area (Å²) >= 11 is 6.12. The summed E-state index contributed by atoms with van der Waals surface area (Å²) in [7, 11) is 1.36. The maximum atomic E-state index is 15.2. The lowest BCUT2D eigenvalue weighted by atomic mass is 10.2. The van der Waals surface area contributed by atoms with Crippen LogP contribution in [0.4, 0.5) is 10.1 Å². The number of carbonyl (C=O) groups is 1. The molecular formula is C24H19ClFN5O3. The van der Waals surface area contributed by atoms with E-state index in [-0.39, 0.29) is 23.0 Å². The Morgan fingerprint density at radius 1 is 1.09 bits per heavy atom. The molecule has 172 valence electrons. The summed E-state index contributed by atoms with van der Waals surface area (Å²) in [5.74, 6) is -0.640. The molecule has 1 saturated heterocycles. The van der Waals surface area contributed by atoms with Crippen LogP contribution in [-0.2, 0) is 4.79 Å². The molecule has 2 aromatic carbocycles. The van der Waals surface area contributed by atoms with Gasteiger partial charge >= 0.3 is 0 Å². The largest absolute Gasteiger partial charge is 0.491 e. The molecule has 0 N–H and O–H groups in total. The van der Waals surface area contributed by atoms with E-state index in [1.165, 1.54) is 41.0 Å². The van der Waals surface area contributed by atoms with E-state index in [0.717, 1.165) is 6.42 Å². The number of ether oxygens (including phenoxy) is 1. The zero-order chi connectivity index (χ0) is 23.8. The summed E-state index contributed by atoms with van der Waals surface area (Å²) in [5, 5.41) is 9.22. The Morgan fingerprint density at radius 3 is 2.65 bits per heavy atom. The van der Waals surface area contributed by atoms with Crippen LogP contribution in [0.1, 0.15) is 12.8 Å². The first-order chi connectivity index (χ1) is 16.5. The van der Waals surface area contributed by atoms with E-state index >= 15 is 4.39 Å². The molecule has 10 heteroatoms. The van der Waals surface area contributed by atoms with E-state index in [1.807, 2.05) is 0 Å². The molecule has 5 rings (SSSR count). The number of carbonyl (C=O) groups excluding carboxylic acids is 1. The zero-order valence-corrected chi connectivity index (χ0v) is 18.9. The predicted octanol–water partition coefficient (Wildman–Crippen LogP) is 4.01. The number of hydrogen-bond acceptors (Lipinski definition) is 5. The third-order valence-corrected chi connectivity index (χ3v) is 5.84. The number of anilines is 1. The first-order valence-corrected chi connectivity index (χ1v) is 10.9. The van der Waals surface area contributed by atoms with Gasteiger partial charge in [-0.2, -0.15) is 10.2 Å². The Kier molecular flexibility index (Phi) is 5.62. The number of rotatable bonds is 5. The van der Waals surface area contributed by atoms with Gasteiger partial charge < -0.3 is 9.64 Å². The summed E-state index contributed by atoms with van der Waals surface area (Å²) < 4.78 is 23.2. The van der Waals surface area contributed by atoms with Gasteiger partial charge in [0.05, 0.1) is 30.9 Å². The highest BCUT2D eigenvalue weighted by Crippen LogP contribution is 2.27. The van der Waals surface area contributed by atoms with E-state index in [9.17, 15) is 9.59 Å². The molecule has 2 aromatic heterocycles. The number of halogens is 2. The number of amides is 1. The van der Waals surface area contributed by atoms with Crippen molar-refractivity contribution in [2.24, 2.45) is 0 Å². The first kappa shape index (κ1) is 21.8. The topological polar surface area (TPSA) is 82.2 Å².